The second kappa shape index (κ2) is 3.83. The van der Waals surface area contributed by atoms with Gasteiger partial charge in [-0.1, -0.05) is 17.7 Å². The number of alkyl halides is 3. The predicted octanol–water partition coefficient (Wildman–Crippen LogP) is 3.75. The number of hydrogen-bond acceptors (Lipinski definition) is 1. The Balaban J connectivity index is 2.46. The monoisotopic (exact) mass is 246 g/mol. The molecule has 2 nitrogen and oxygen atoms in total. The van der Waals surface area contributed by atoms with Gasteiger partial charge in [-0.3, -0.25) is 5.10 Å². The second-order valence-corrected chi connectivity index (χ2v) is 3.57. The fraction of sp³-hybridized carbons (Fsp3) is 0.100. The molecule has 1 aromatic carbocycles. The molecule has 2 aromatic rings. The van der Waals surface area contributed by atoms with Gasteiger partial charge in [-0.25, -0.2) is 0 Å². The van der Waals surface area contributed by atoms with Crippen LogP contribution in [-0.4, -0.2) is 10.2 Å². The van der Waals surface area contributed by atoms with Crippen LogP contribution in [-0.2, 0) is 6.18 Å². The SMILES string of the molecule is FC(F)(F)c1ccc(-c2ccn[nH]2)c(Cl)c1. The van der Waals surface area contributed by atoms with Gasteiger partial charge in [-0.2, -0.15) is 18.3 Å². The predicted molar refractivity (Wildman–Crippen MR) is 54.0 cm³/mol. The number of aromatic amines is 1. The zero-order valence-corrected chi connectivity index (χ0v) is 8.60. The van der Waals surface area contributed by atoms with Crippen LogP contribution in [0, 0.1) is 0 Å². The summed E-state index contributed by atoms with van der Waals surface area (Å²) < 4.78 is 37.1. The highest BCUT2D eigenvalue weighted by atomic mass is 35.5. The van der Waals surface area contributed by atoms with Crippen LogP contribution in [0.2, 0.25) is 5.02 Å². The first-order valence-electron chi connectivity index (χ1n) is 4.35. The molecule has 0 saturated heterocycles. The number of H-pyrrole nitrogens is 1. The smallest absolute Gasteiger partial charge is 0.278 e. The van der Waals surface area contributed by atoms with Crippen LogP contribution in [0.4, 0.5) is 13.2 Å². The van der Waals surface area contributed by atoms with E-state index in [1.54, 1.807) is 6.07 Å². The van der Waals surface area contributed by atoms with Crippen molar-refractivity contribution in [2.45, 2.75) is 6.18 Å². The van der Waals surface area contributed by atoms with E-state index in [1.807, 2.05) is 0 Å². The third-order valence-electron chi connectivity index (χ3n) is 2.09. The molecule has 0 bridgehead atoms. The zero-order valence-electron chi connectivity index (χ0n) is 7.85. The summed E-state index contributed by atoms with van der Waals surface area (Å²) >= 11 is 5.78. The van der Waals surface area contributed by atoms with E-state index in [-0.39, 0.29) is 5.02 Å². The van der Waals surface area contributed by atoms with Gasteiger partial charge in [0, 0.05) is 11.8 Å². The number of hydrogen-bond donors (Lipinski definition) is 1. The number of rotatable bonds is 1. The van der Waals surface area contributed by atoms with Crippen molar-refractivity contribution >= 4 is 11.6 Å². The molecule has 0 amide bonds. The highest BCUT2D eigenvalue weighted by Crippen LogP contribution is 2.34. The Bertz CT molecular complexity index is 491. The molecule has 2 rings (SSSR count). The van der Waals surface area contributed by atoms with Crippen molar-refractivity contribution < 1.29 is 13.2 Å². The molecule has 0 fully saturated rings. The van der Waals surface area contributed by atoms with E-state index in [4.69, 9.17) is 11.6 Å². The maximum absolute atomic E-state index is 12.4. The van der Waals surface area contributed by atoms with Gasteiger partial charge >= 0.3 is 6.18 Å². The molecular weight excluding hydrogens is 241 g/mol. The molecule has 0 aliphatic rings. The Labute approximate surface area is 94.1 Å². The summed E-state index contributed by atoms with van der Waals surface area (Å²) in [4.78, 5) is 0. The Hall–Kier alpha value is -1.49. The van der Waals surface area contributed by atoms with Gasteiger partial charge < -0.3 is 0 Å². The summed E-state index contributed by atoms with van der Waals surface area (Å²) in [5.41, 5.74) is 0.312. The van der Waals surface area contributed by atoms with Gasteiger partial charge in [0.05, 0.1) is 16.3 Å². The van der Waals surface area contributed by atoms with Crippen LogP contribution in [0.1, 0.15) is 5.56 Å². The van der Waals surface area contributed by atoms with Crippen molar-refractivity contribution in [2.24, 2.45) is 0 Å². The molecule has 1 heterocycles. The lowest BCUT2D eigenvalue weighted by Gasteiger charge is -2.08. The lowest BCUT2D eigenvalue weighted by molar-refractivity contribution is -0.137. The average Bonchev–Trinajstić information content (AvgIpc) is 2.69. The van der Waals surface area contributed by atoms with Gasteiger partial charge in [0.2, 0.25) is 0 Å². The molecule has 0 aliphatic carbocycles. The maximum Gasteiger partial charge on any atom is 0.416 e. The number of aromatic nitrogens is 2. The zero-order chi connectivity index (χ0) is 11.8. The van der Waals surface area contributed by atoms with E-state index in [0.717, 1.165) is 12.1 Å². The summed E-state index contributed by atoms with van der Waals surface area (Å²) in [6, 6.07) is 4.84. The molecule has 1 N–H and O–H groups in total. The molecule has 0 unspecified atom stereocenters. The number of halogens is 4. The molecule has 0 atom stereocenters. The Morgan fingerprint density at radius 2 is 1.94 bits per heavy atom. The first kappa shape index (κ1) is 11.0. The normalized spacial score (nSPS) is 11.8. The first-order valence-corrected chi connectivity index (χ1v) is 4.73. The Morgan fingerprint density at radius 3 is 2.44 bits per heavy atom. The van der Waals surface area contributed by atoms with Gasteiger partial charge in [-0.05, 0) is 18.2 Å². The summed E-state index contributed by atoms with van der Waals surface area (Å²) in [6.45, 7) is 0. The van der Waals surface area contributed by atoms with Crippen molar-refractivity contribution in [2.75, 3.05) is 0 Å². The van der Waals surface area contributed by atoms with Crippen LogP contribution in [0.3, 0.4) is 0 Å². The third kappa shape index (κ3) is 2.04. The van der Waals surface area contributed by atoms with Crippen molar-refractivity contribution in [3.8, 4) is 11.3 Å². The highest BCUT2D eigenvalue weighted by molar-refractivity contribution is 6.33. The fourth-order valence-electron chi connectivity index (χ4n) is 1.32. The molecule has 1 aromatic heterocycles. The van der Waals surface area contributed by atoms with Crippen LogP contribution in [0.15, 0.2) is 30.5 Å². The fourth-order valence-corrected chi connectivity index (χ4v) is 1.60. The van der Waals surface area contributed by atoms with E-state index >= 15 is 0 Å². The topological polar surface area (TPSA) is 28.7 Å². The minimum absolute atomic E-state index is 0.0408. The first-order chi connectivity index (χ1) is 7.48. The molecule has 0 saturated carbocycles. The van der Waals surface area contributed by atoms with E-state index in [2.05, 4.69) is 10.2 Å². The summed E-state index contributed by atoms with van der Waals surface area (Å²) in [5, 5.41) is 6.38. The van der Waals surface area contributed by atoms with Gasteiger partial charge in [0.1, 0.15) is 0 Å². The summed E-state index contributed by atoms with van der Waals surface area (Å²) in [6.07, 6.45) is -2.88. The van der Waals surface area contributed by atoms with E-state index < -0.39 is 11.7 Å². The Kier molecular flexibility index (Phi) is 2.63. The van der Waals surface area contributed by atoms with Crippen molar-refractivity contribution in [3.63, 3.8) is 0 Å². The quantitative estimate of drug-likeness (QED) is 0.816. The van der Waals surface area contributed by atoms with Gasteiger partial charge in [-0.15, -0.1) is 0 Å². The molecule has 0 spiro atoms. The minimum atomic E-state index is -4.38. The summed E-state index contributed by atoms with van der Waals surface area (Å²) in [5.74, 6) is 0. The molecule has 0 radical (unpaired) electrons. The van der Waals surface area contributed by atoms with Crippen LogP contribution in [0.25, 0.3) is 11.3 Å². The van der Waals surface area contributed by atoms with Gasteiger partial charge in [0.25, 0.3) is 0 Å². The minimum Gasteiger partial charge on any atom is -0.278 e. The molecule has 16 heavy (non-hydrogen) atoms. The molecule has 84 valence electrons. The van der Waals surface area contributed by atoms with E-state index in [1.165, 1.54) is 12.3 Å². The van der Waals surface area contributed by atoms with Crippen LogP contribution < -0.4 is 0 Å². The van der Waals surface area contributed by atoms with E-state index in [0.29, 0.717) is 11.3 Å². The standard InChI is InChI=1S/C10H6ClF3N2/c11-8-5-6(10(12,13)14)1-2-7(8)9-3-4-15-16-9/h1-5H,(H,15,16). The third-order valence-corrected chi connectivity index (χ3v) is 2.40. The molecule has 6 heteroatoms. The lowest BCUT2D eigenvalue weighted by atomic mass is 10.1. The van der Waals surface area contributed by atoms with Crippen LogP contribution in [0.5, 0.6) is 0 Å². The second-order valence-electron chi connectivity index (χ2n) is 3.16. The van der Waals surface area contributed by atoms with Crippen molar-refractivity contribution in [1.82, 2.24) is 10.2 Å². The van der Waals surface area contributed by atoms with E-state index in [9.17, 15) is 13.2 Å². The number of nitrogens with zero attached hydrogens (tertiary/aromatic N) is 1. The largest absolute Gasteiger partial charge is 0.416 e. The molecular formula is C10H6ClF3N2. The number of nitrogens with one attached hydrogen (secondary N) is 1. The number of benzene rings is 1. The van der Waals surface area contributed by atoms with Gasteiger partial charge in [0.15, 0.2) is 0 Å². The average molecular weight is 247 g/mol. The lowest BCUT2D eigenvalue weighted by Crippen LogP contribution is -2.04. The highest BCUT2D eigenvalue weighted by Gasteiger charge is 2.30. The Morgan fingerprint density at radius 1 is 1.19 bits per heavy atom. The molecule has 0 aliphatic heterocycles. The van der Waals surface area contributed by atoms with Crippen molar-refractivity contribution in [1.29, 1.82) is 0 Å². The maximum atomic E-state index is 12.4. The van der Waals surface area contributed by atoms with Crippen molar-refractivity contribution in [3.05, 3.63) is 41.0 Å². The summed E-state index contributed by atoms with van der Waals surface area (Å²) in [7, 11) is 0. The van der Waals surface area contributed by atoms with Crippen LogP contribution >= 0.6 is 11.6 Å².